The zero-order valence-electron chi connectivity index (χ0n) is 12.8. The first-order valence-corrected chi connectivity index (χ1v) is 7.41. The molecule has 2 aromatic rings. The molecular weight excluding hydrogens is 292 g/mol. The van der Waals surface area contributed by atoms with Crippen LogP contribution in [-0.2, 0) is 0 Å². The van der Waals surface area contributed by atoms with Crippen LogP contribution < -0.4 is 4.74 Å². The third kappa shape index (κ3) is 3.29. The number of hydrogen-bond acceptors (Lipinski definition) is 5. The maximum absolute atomic E-state index is 12.5. The van der Waals surface area contributed by atoms with E-state index in [-0.39, 0.29) is 12.0 Å². The Hall–Kier alpha value is -2.94. The molecule has 2 aromatic heterocycles. The number of carbonyl (C=O) groups excluding carboxylic acids is 1. The van der Waals surface area contributed by atoms with Gasteiger partial charge in [0.2, 0.25) is 5.88 Å². The molecule has 0 N–H and O–H groups in total. The van der Waals surface area contributed by atoms with Crippen LogP contribution in [0.5, 0.6) is 5.88 Å². The van der Waals surface area contributed by atoms with Gasteiger partial charge in [0.25, 0.3) is 5.91 Å². The molecular formula is C17H16N4O2. The topological polar surface area (TPSA) is 79.1 Å². The predicted octanol–water partition coefficient (Wildman–Crippen LogP) is 1.95. The van der Waals surface area contributed by atoms with Gasteiger partial charge < -0.3 is 9.64 Å². The summed E-state index contributed by atoms with van der Waals surface area (Å²) in [4.78, 5) is 22.6. The number of ether oxygens (including phenoxy) is 1. The van der Waals surface area contributed by atoms with Gasteiger partial charge in [-0.25, -0.2) is 4.98 Å². The fourth-order valence-corrected chi connectivity index (χ4v) is 2.60. The highest BCUT2D eigenvalue weighted by Crippen LogP contribution is 2.19. The van der Waals surface area contributed by atoms with Crippen molar-refractivity contribution in [2.24, 2.45) is 0 Å². The summed E-state index contributed by atoms with van der Waals surface area (Å²) < 4.78 is 5.79. The van der Waals surface area contributed by atoms with Gasteiger partial charge in [-0.3, -0.25) is 9.78 Å². The first kappa shape index (κ1) is 15.0. The van der Waals surface area contributed by atoms with E-state index in [1.165, 1.54) is 0 Å². The molecule has 0 aliphatic carbocycles. The number of amides is 1. The Labute approximate surface area is 134 Å². The number of likely N-dealkylation sites (tertiary alicyclic amines) is 1. The second kappa shape index (κ2) is 6.44. The summed E-state index contributed by atoms with van der Waals surface area (Å²) >= 11 is 0. The van der Waals surface area contributed by atoms with Crippen molar-refractivity contribution in [3.63, 3.8) is 0 Å². The van der Waals surface area contributed by atoms with Gasteiger partial charge in [-0.05, 0) is 25.1 Å². The Bertz CT molecular complexity index is 769. The summed E-state index contributed by atoms with van der Waals surface area (Å²) in [6, 6.07) is 8.84. The number of rotatable bonds is 3. The molecule has 1 aliphatic heterocycles. The average molecular weight is 308 g/mol. The van der Waals surface area contributed by atoms with Gasteiger partial charge >= 0.3 is 0 Å². The predicted molar refractivity (Wildman–Crippen MR) is 82.9 cm³/mol. The van der Waals surface area contributed by atoms with E-state index in [9.17, 15) is 4.79 Å². The smallest absolute Gasteiger partial charge is 0.255 e. The lowest BCUT2D eigenvalue weighted by Crippen LogP contribution is -2.31. The third-order valence-corrected chi connectivity index (χ3v) is 3.82. The fourth-order valence-electron chi connectivity index (χ4n) is 2.60. The van der Waals surface area contributed by atoms with E-state index >= 15 is 0 Å². The van der Waals surface area contributed by atoms with Crippen LogP contribution in [-0.4, -0.2) is 40.0 Å². The van der Waals surface area contributed by atoms with Gasteiger partial charge in [-0.15, -0.1) is 0 Å². The van der Waals surface area contributed by atoms with E-state index in [1.807, 2.05) is 6.92 Å². The largest absolute Gasteiger partial charge is 0.472 e. The SMILES string of the molecule is Cc1ncccc1C(=O)N1CCC(Oc2cc(C#N)ccn2)C1. The summed E-state index contributed by atoms with van der Waals surface area (Å²) in [6.07, 6.45) is 3.85. The van der Waals surface area contributed by atoms with Crippen LogP contribution in [0.25, 0.3) is 0 Å². The third-order valence-electron chi connectivity index (χ3n) is 3.82. The quantitative estimate of drug-likeness (QED) is 0.866. The van der Waals surface area contributed by atoms with E-state index in [2.05, 4.69) is 16.0 Å². The molecule has 1 unspecified atom stereocenters. The lowest BCUT2D eigenvalue weighted by Gasteiger charge is -2.17. The van der Waals surface area contributed by atoms with Crippen LogP contribution in [0, 0.1) is 18.3 Å². The van der Waals surface area contributed by atoms with E-state index < -0.39 is 0 Å². The van der Waals surface area contributed by atoms with E-state index in [0.29, 0.717) is 30.1 Å². The molecule has 23 heavy (non-hydrogen) atoms. The Balaban J connectivity index is 1.65. The maximum atomic E-state index is 12.5. The van der Waals surface area contributed by atoms with Crippen LogP contribution in [0.4, 0.5) is 0 Å². The second-order valence-electron chi connectivity index (χ2n) is 5.41. The molecule has 0 spiro atoms. The fraction of sp³-hybridized carbons (Fsp3) is 0.294. The molecule has 0 saturated carbocycles. The zero-order chi connectivity index (χ0) is 16.2. The van der Waals surface area contributed by atoms with Crippen LogP contribution >= 0.6 is 0 Å². The van der Waals surface area contributed by atoms with E-state index in [0.717, 1.165) is 12.1 Å². The lowest BCUT2D eigenvalue weighted by molar-refractivity contribution is 0.0770. The summed E-state index contributed by atoms with van der Waals surface area (Å²) in [5.41, 5.74) is 1.86. The standard InChI is InChI=1S/C17H16N4O2/c1-12-15(3-2-6-19-12)17(22)21-8-5-14(11-21)23-16-9-13(10-18)4-7-20-16/h2-4,6-7,9,14H,5,8,11H2,1H3. The van der Waals surface area contributed by atoms with Crippen LogP contribution in [0.2, 0.25) is 0 Å². The molecule has 1 saturated heterocycles. The molecule has 1 aliphatic rings. The van der Waals surface area contributed by atoms with Gasteiger partial charge in [0.15, 0.2) is 0 Å². The van der Waals surface area contributed by atoms with Crippen LogP contribution in [0.1, 0.15) is 28.0 Å². The number of pyridine rings is 2. The minimum Gasteiger partial charge on any atom is -0.472 e. The highest BCUT2D eigenvalue weighted by molar-refractivity contribution is 5.95. The number of aromatic nitrogens is 2. The lowest BCUT2D eigenvalue weighted by atomic mass is 10.2. The molecule has 3 heterocycles. The van der Waals surface area contributed by atoms with Crippen molar-refractivity contribution >= 4 is 5.91 Å². The Morgan fingerprint density at radius 3 is 3.04 bits per heavy atom. The average Bonchev–Trinajstić information content (AvgIpc) is 3.03. The monoisotopic (exact) mass is 308 g/mol. The first-order valence-electron chi connectivity index (χ1n) is 7.41. The molecule has 6 nitrogen and oxygen atoms in total. The van der Waals surface area contributed by atoms with E-state index in [1.54, 1.807) is 41.6 Å². The molecule has 3 rings (SSSR count). The zero-order valence-corrected chi connectivity index (χ0v) is 12.8. The maximum Gasteiger partial charge on any atom is 0.255 e. The molecule has 0 aromatic carbocycles. The van der Waals surface area contributed by atoms with Crippen molar-refractivity contribution in [3.05, 3.63) is 53.5 Å². The van der Waals surface area contributed by atoms with Crippen molar-refractivity contribution in [3.8, 4) is 11.9 Å². The van der Waals surface area contributed by atoms with Crippen molar-refractivity contribution in [1.29, 1.82) is 5.26 Å². The Kier molecular flexibility index (Phi) is 4.20. The molecule has 1 fully saturated rings. The van der Waals surface area contributed by atoms with Gasteiger partial charge in [0, 0.05) is 37.1 Å². The second-order valence-corrected chi connectivity index (χ2v) is 5.41. The first-order chi connectivity index (χ1) is 11.2. The highest BCUT2D eigenvalue weighted by Gasteiger charge is 2.29. The summed E-state index contributed by atoms with van der Waals surface area (Å²) in [5.74, 6) is 0.390. The van der Waals surface area contributed by atoms with Crippen LogP contribution in [0.3, 0.4) is 0 Å². The Morgan fingerprint density at radius 1 is 1.39 bits per heavy atom. The number of carbonyl (C=O) groups is 1. The van der Waals surface area contributed by atoms with Crippen molar-refractivity contribution < 1.29 is 9.53 Å². The molecule has 1 amide bonds. The minimum absolute atomic E-state index is 0.0274. The molecule has 6 heteroatoms. The molecule has 0 bridgehead atoms. The van der Waals surface area contributed by atoms with Crippen molar-refractivity contribution in [2.75, 3.05) is 13.1 Å². The molecule has 116 valence electrons. The Morgan fingerprint density at radius 2 is 2.26 bits per heavy atom. The minimum atomic E-state index is -0.114. The number of hydrogen-bond donors (Lipinski definition) is 0. The van der Waals surface area contributed by atoms with Gasteiger partial charge in [0.1, 0.15) is 6.10 Å². The number of nitriles is 1. The van der Waals surface area contributed by atoms with Gasteiger partial charge in [0.05, 0.1) is 23.7 Å². The number of aryl methyl sites for hydroxylation is 1. The van der Waals surface area contributed by atoms with Crippen molar-refractivity contribution in [2.45, 2.75) is 19.4 Å². The summed E-state index contributed by atoms with van der Waals surface area (Å²) in [5, 5.41) is 8.90. The van der Waals surface area contributed by atoms with E-state index in [4.69, 9.17) is 10.00 Å². The molecule has 1 atom stereocenters. The van der Waals surface area contributed by atoms with Crippen LogP contribution in [0.15, 0.2) is 36.7 Å². The summed E-state index contributed by atoms with van der Waals surface area (Å²) in [6.45, 7) is 2.97. The normalized spacial score (nSPS) is 16.9. The van der Waals surface area contributed by atoms with Gasteiger partial charge in [-0.2, -0.15) is 5.26 Å². The van der Waals surface area contributed by atoms with Gasteiger partial charge in [-0.1, -0.05) is 0 Å². The summed E-state index contributed by atoms with van der Waals surface area (Å²) in [7, 11) is 0. The highest BCUT2D eigenvalue weighted by atomic mass is 16.5. The number of nitrogens with zero attached hydrogens (tertiary/aromatic N) is 4. The van der Waals surface area contributed by atoms with Crippen molar-refractivity contribution in [1.82, 2.24) is 14.9 Å². The molecule has 0 radical (unpaired) electrons.